The zero-order valence-electron chi connectivity index (χ0n) is 11.3. The predicted octanol–water partition coefficient (Wildman–Crippen LogP) is 4.31. The van der Waals surface area contributed by atoms with Gasteiger partial charge in [0, 0.05) is 5.71 Å². The molecule has 0 saturated heterocycles. The average molecular weight is 230 g/mol. The molecule has 0 unspecified atom stereocenters. The van der Waals surface area contributed by atoms with Gasteiger partial charge in [-0.1, -0.05) is 57.5 Å². The summed E-state index contributed by atoms with van der Waals surface area (Å²) in [5.41, 5.74) is 3.29. The van der Waals surface area contributed by atoms with Crippen molar-refractivity contribution < 1.29 is 0 Å². The summed E-state index contributed by atoms with van der Waals surface area (Å²) in [5.74, 6) is 0.474. The second-order valence-corrected chi connectivity index (χ2v) is 4.55. The van der Waals surface area contributed by atoms with Gasteiger partial charge in [-0.3, -0.25) is 0 Å². The molecule has 92 valence electrons. The molecule has 1 aromatic rings. The summed E-state index contributed by atoms with van der Waals surface area (Å²) in [6.07, 6.45) is 2.15. The van der Waals surface area contributed by atoms with Crippen molar-refractivity contribution in [2.24, 2.45) is 16.1 Å². The first-order valence-corrected chi connectivity index (χ1v) is 6.31. The molecule has 2 heteroatoms. The highest BCUT2D eigenvalue weighted by atomic mass is 15.2. The summed E-state index contributed by atoms with van der Waals surface area (Å²) in [6.45, 7) is 8.51. The third-order valence-corrected chi connectivity index (χ3v) is 2.69. The van der Waals surface area contributed by atoms with Crippen molar-refractivity contribution in [3.05, 3.63) is 35.9 Å². The van der Waals surface area contributed by atoms with Crippen molar-refractivity contribution in [1.29, 1.82) is 0 Å². The Morgan fingerprint density at radius 3 is 2.29 bits per heavy atom. The van der Waals surface area contributed by atoms with Crippen molar-refractivity contribution >= 4 is 11.4 Å². The number of rotatable bonds is 5. The SMILES string of the molecule is CCC/C(=N\N=C(/C)c1ccccc1)C(C)C. The zero-order valence-corrected chi connectivity index (χ0v) is 11.3. The van der Waals surface area contributed by atoms with Gasteiger partial charge in [-0.05, 0) is 24.8 Å². The van der Waals surface area contributed by atoms with E-state index in [2.05, 4.69) is 43.1 Å². The summed E-state index contributed by atoms with van der Waals surface area (Å²) in [6, 6.07) is 10.2. The molecule has 0 aliphatic carbocycles. The lowest BCUT2D eigenvalue weighted by Gasteiger charge is -2.06. The minimum atomic E-state index is 0.474. The highest BCUT2D eigenvalue weighted by Gasteiger charge is 2.03. The van der Waals surface area contributed by atoms with E-state index in [9.17, 15) is 0 Å². The minimum Gasteiger partial charge on any atom is -0.160 e. The molecule has 1 aromatic carbocycles. The van der Waals surface area contributed by atoms with E-state index in [-0.39, 0.29) is 0 Å². The second kappa shape index (κ2) is 7.00. The molecule has 0 radical (unpaired) electrons. The van der Waals surface area contributed by atoms with Crippen LogP contribution in [0, 0.1) is 5.92 Å². The van der Waals surface area contributed by atoms with E-state index < -0.39 is 0 Å². The molecule has 0 heterocycles. The Morgan fingerprint density at radius 1 is 1.12 bits per heavy atom. The Bertz CT molecular complexity index is 389. The van der Waals surface area contributed by atoms with Gasteiger partial charge in [-0.2, -0.15) is 10.2 Å². The fraction of sp³-hybridized carbons (Fsp3) is 0.467. The Balaban J connectivity index is 2.84. The van der Waals surface area contributed by atoms with Crippen LogP contribution < -0.4 is 0 Å². The van der Waals surface area contributed by atoms with Gasteiger partial charge in [0.25, 0.3) is 0 Å². The molecular formula is C15H22N2. The first kappa shape index (κ1) is 13.6. The Kier molecular flexibility index (Phi) is 5.61. The zero-order chi connectivity index (χ0) is 12.7. The van der Waals surface area contributed by atoms with Crippen LogP contribution in [0.25, 0.3) is 0 Å². The van der Waals surface area contributed by atoms with Gasteiger partial charge >= 0.3 is 0 Å². The van der Waals surface area contributed by atoms with Crippen LogP contribution in [0.15, 0.2) is 40.5 Å². The van der Waals surface area contributed by atoms with Crippen LogP contribution >= 0.6 is 0 Å². The molecule has 17 heavy (non-hydrogen) atoms. The molecule has 0 saturated carbocycles. The van der Waals surface area contributed by atoms with E-state index in [0.717, 1.165) is 24.1 Å². The molecule has 0 bridgehead atoms. The van der Waals surface area contributed by atoms with Crippen molar-refractivity contribution in [2.45, 2.75) is 40.5 Å². The maximum absolute atomic E-state index is 4.39. The molecule has 1 rings (SSSR count). The maximum atomic E-state index is 4.39. The smallest absolute Gasteiger partial charge is 0.0671 e. The summed E-state index contributed by atoms with van der Waals surface area (Å²) >= 11 is 0. The summed E-state index contributed by atoms with van der Waals surface area (Å²) < 4.78 is 0. The van der Waals surface area contributed by atoms with Crippen molar-refractivity contribution in [3.63, 3.8) is 0 Å². The van der Waals surface area contributed by atoms with E-state index in [4.69, 9.17) is 0 Å². The number of benzene rings is 1. The fourth-order valence-corrected chi connectivity index (χ4v) is 1.59. The Morgan fingerprint density at radius 2 is 1.76 bits per heavy atom. The van der Waals surface area contributed by atoms with Gasteiger partial charge in [0.15, 0.2) is 0 Å². The van der Waals surface area contributed by atoms with Crippen LogP contribution in [0.4, 0.5) is 0 Å². The first-order valence-electron chi connectivity index (χ1n) is 6.31. The lowest BCUT2D eigenvalue weighted by Crippen LogP contribution is -2.06. The fourth-order valence-electron chi connectivity index (χ4n) is 1.59. The standard InChI is InChI=1S/C15H22N2/c1-5-9-15(12(2)3)17-16-13(4)14-10-7-6-8-11-14/h6-8,10-12H,5,9H2,1-4H3/b16-13+,17-15+. The van der Waals surface area contributed by atoms with E-state index in [1.165, 1.54) is 5.71 Å². The van der Waals surface area contributed by atoms with Crippen molar-refractivity contribution in [2.75, 3.05) is 0 Å². The summed E-state index contributed by atoms with van der Waals surface area (Å²) in [5, 5.41) is 8.73. The van der Waals surface area contributed by atoms with Gasteiger partial charge in [0.1, 0.15) is 0 Å². The second-order valence-electron chi connectivity index (χ2n) is 4.55. The van der Waals surface area contributed by atoms with Gasteiger partial charge in [0.05, 0.1) is 5.71 Å². The Labute approximate surface area is 104 Å². The third kappa shape index (κ3) is 4.51. The number of hydrogen-bond acceptors (Lipinski definition) is 2. The topological polar surface area (TPSA) is 24.7 Å². The van der Waals surface area contributed by atoms with E-state index >= 15 is 0 Å². The van der Waals surface area contributed by atoms with Crippen LogP contribution in [0.1, 0.15) is 46.1 Å². The van der Waals surface area contributed by atoms with Crippen LogP contribution in [0.5, 0.6) is 0 Å². The number of hydrogen-bond donors (Lipinski definition) is 0. The van der Waals surface area contributed by atoms with Gasteiger partial charge in [-0.25, -0.2) is 0 Å². The highest BCUT2D eigenvalue weighted by molar-refractivity contribution is 5.99. The van der Waals surface area contributed by atoms with Crippen LogP contribution in [-0.2, 0) is 0 Å². The molecule has 0 aliphatic rings. The maximum Gasteiger partial charge on any atom is 0.0671 e. The molecule has 2 nitrogen and oxygen atoms in total. The van der Waals surface area contributed by atoms with Gasteiger partial charge in [0.2, 0.25) is 0 Å². The van der Waals surface area contributed by atoms with Gasteiger partial charge < -0.3 is 0 Å². The molecule has 0 fully saturated rings. The summed E-state index contributed by atoms with van der Waals surface area (Å²) in [7, 11) is 0. The quantitative estimate of drug-likeness (QED) is 0.532. The normalized spacial score (nSPS) is 13.2. The monoisotopic (exact) mass is 230 g/mol. The minimum absolute atomic E-state index is 0.474. The Hall–Kier alpha value is -1.44. The first-order chi connectivity index (χ1) is 8.15. The summed E-state index contributed by atoms with van der Waals surface area (Å²) in [4.78, 5) is 0. The molecule has 0 N–H and O–H groups in total. The van der Waals surface area contributed by atoms with Crippen molar-refractivity contribution in [3.8, 4) is 0 Å². The molecule has 0 amide bonds. The van der Waals surface area contributed by atoms with Crippen LogP contribution in [0.3, 0.4) is 0 Å². The lowest BCUT2D eigenvalue weighted by molar-refractivity contribution is 0.819. The van der Waals surface area contributed by atoms with E-state index in [1.54, 1.807) is 0 Å². The average Bonchev–Trinajstić information content (AvgIpc) is 2.34. The van der Waals surface area contributed by atoms with E-state index in [1.807, 2.05) is 25.1 Å². The molecule has 0 aliphatic heterocycles. The van der Waals surface area contributed by atoms with Crippen LogP contribution in [0.2, 0.25) is 0 Å². The predicted molar refractivity (Wildman–Crippen MR) is 75.8 cm³/mol. The molecule has 0 atom stereocenters. The molecular weight excluding hydrogens is 208 g/mol. The number of nitrogens with zero attached hydrogens (tertiary/aromatic N) is 2. The third-order valence-electron chi connectivity index (χ3n) is 2.69. The molecule has 0 spiro atoms. The largest absolute Gasteiger partial charge is 0.160 e. The molecule has 0 aromatic heterocycles. The van der Waals surface area contributed by atoms with Gasteiger partial charge in [-0.15, -0.1) is 0 Å². The van der Waals surface area contributed by atoms with Crippen molar-refractivity contribution in [1.82, 2.24) is 0 Å². The highest BCUT2D eigenvalue weighted by Crippen LogP contribution is 2.06. The lowest BCUT2D eigenvalue weighted by atomic mass is 10.0. The van der Waals surface area contributed by atoms with Crippen LogP contribution in [-0.4, -0.2) is 11.4 Å². The van der Waals surface area contributed by atoms with E-state index in [0.29, 0.717) is 5.92 Å².